The number of halogens is 5. The van der Waals surface area contributed by atoms with E-state index >= 15 is 0 Å². The summed E-state index contributed by atoms with van der Waals surface area (Å²) in [6.45, 7) is 1.34. The Morgan fingerprint density at radius 1 is 1.06 bits per heavy atom. The highest BCUT2D eigenvalue weighted by Crippen LogP contribution is 2.30. The minimum absolute atomic E-state index is 0.00742. The van der Waals surface area contributed by atoms with Gasteiger partial charge in [0.05, 0.1) is 22.3 Å². The molecule has 0 spiro atoms. The molecule has 1 amide bonds. The van der Waals surface area contributed by atoms with Crippen LogP contribution in [0.3, 0.4) is 0 Å². The second kappa shape index (κ2) is 9.72. The van der Waals surface area contributed by atoms with Crippen LogP contribution in [0.5, 0.6) is 5.75 Å². The molecule has 0 saturated carbocycles. The van der Waals surface area contributed by atoms with Crippen molar-refractivity contribution in [2.75, 3.05) is 6.61 Å². The Labute approximate surface area is 191 Å². The van der Waals surface area contributed by atoms with Crippen molar-refractivity contribution in [1.29, 1.82) is 0 Å². The van der Waals surface area contributed by atoms with Crippen LogP contribution >= 0.6 is 23.2 Å². The molecule has 0 bridgehead atoms. The summed E-state index contributed by atoms with van der Waals surface area (Å²) < 4.78 is 41.1. The van der Waals surface area contributed by atoms with Gasteiger partial charge in [-0.1, -0.05) is 23.2 Å². The highest BCUT2D eigenvalue weighted by Gasteiger charge is 2.31. The van der Waals surface area contributed by atoms with Gasteiger partial charge in [-0.3, -0.25) is 4.79 Å². The van der Waals surface area contributed by atoms with Crippen LogP contribution in [0.1, 0.15) is 17.4 Å². The average molecular weight is 486 g/mol. The van der Waals surface area contributed by atoms with Crippen LogP contribution in [-0.4, -0.2) is 40.0 Å². The Balaban J connectivity index is 2.05. The SMILES string of the molecule is C[C@@H](CO)NC(=O)c1cc(-c2ccc(OC(F)(F)F)cc2)nc(-c2ccc(Cl)c(Cl)c2)n1. The van der Waals surface area contributed by atoms with Crippen molar-refractivity contribution in [3.63, 3.8) is 0 Å². The predicted octanol–water partition coefficient (Wildman–Crippen LogP) is 5.13. The largest absolute Gasteiger partial charge is 0.573 e. The van der Waals surface area contributed by atoms with E-state index in [0.717, 1.165) is 12.1 Å². The molecular formula is C21H16Cl2F3N3O3. The smallest absolute Gasteiger partial charge is 0.406 e. The molecule has 3 aromatic rings. The number of nitrogens with one attached hydrogen (secondary N) is 1. The third-order valence-electron chi connectivity index (χ3n) is 4.17. The van der Waals surface area contributed by atoms with Crippen LogP contribution in [0.4, 0.5) is 13.2 Å². The number of amides is 1. The van der Waals surface area contributed by atoms with Gasteiger partial charge < -0.3 is 15.2 Å². The quantitative estimate of drug-likeness (QED) is 0.505. The fourth-order valence-electron chi connectivity index (χ4n) is 2.65. The molecular weight excluding hydrogens is 470 g/mol. The zero-order valence-corrected chi connectivity index (χ0v) is 18.0. The van der Waals surface area contributed by atoms with Crippen LogP contribution in [0.25, 0.3) is 22.6 Å². The summed E-state index contributed by atoms with van der Waals surface area (Å²) in [7, 11) is 0. The zero-order chi connectivity index (χ0) is 23.5. The summed E-state index contributed by atoms with van der Waals surface area (Å²) in [5, 5.41) is 12.4. The number of hydrogen-bond acceptors (Lipinski definition) is 5. The molecule has 0 aliphatic carbocycles. The predicted molar refractivity (Wildman–Crippen MR) is 114 cm³/mol. The Hall–Kier alpha value is -2.88. The molecule has 2 N–H and O–H groups in total. The number of ether oxygens (including phenoxy) is 1. The van der Waals surface area contributed by atoms with Crippen molar-refractivity contribution >= 4 is 29.1 Å². The Bertz CT molecular complexity index is 1130. The first-order chi connectivity index (χ1) is 15.1. The lowest BCUT2D eigenvalue weighted by Crippen LogP contribution is -2.35. The minimum atomic E-state index is -4.81. The third-order valence-corrected chi connectivity index (χ3v) is 4.91. The summed E-state index contributed by atoms with van der Waals surface area (Å²) in [6, 6.07) is 10.6. The maximum atomic E-state index is 12.6. The normalized spacial score (nSPS) is 12.3. The first-order valence-corrected chi connectivity index (χ1v) is 9.93. The monoisotopic (exact) mass is 485 g/mol. The second-order valence-electron chi connectivity index (χ2n) is 6.72. The first kappa shape index (κ1) is 23.8. The van der Waals surface area contributed by atoms with E-state index in [4.69, 9.17) is 23.2 Å². The van der Waals surface area contributed by atoms with E-state index in [1.807, 2.05) is 0 Å². The molecule has 1 atom stereocenters. The highest BCUT2D eigenvalue weighted by molar-refractivity contribution is 6.42. The number of aliphatic hydroxyl groups excluding tert-OH is 1. The zero-order valence-electron chi connectivity index (χ0n) is 16.5. The molecule has 168 valence electrons. The molecule has 3 rings (SSSR count). The molecule has 32 heavy (non-hydrogen) atoms. The maximum Gasteiger partial charge on any atom is 0.573 e. The molecule has 11 heteroatoms. The summed E-state index contributed by atoms with van der Waals surface area (Å²) >= 11 is 12.0. The van der Waals surface area contributed by atoms with Gasteiger partial charge >= 0.3 is 6.36 Å². The second-order valence-corrected chi connectivity index (χ2v) is 7.53. The number of aliphatic hydroxyl groups is 1. The van der Waals surface area contributed by atoms with Crippen LogP contribution in [0, 0.1) is 0 Å². The topological polar surface area (TPSA) is 84.3 Å². The van der Waals surface area contributed by atoms with Gasteiger partial charge in [-0.05, 0) is 55.5 Å². The molecule has 2 aromatic carbocycles. The molecule has 0 unspecified atom stereocenters. The van der Waals surface area contributed by atoms with E-state index in [1.165, 1.54) is 24.3 Å². The summed E-state index contributed by atoms with van der Waals surface area (Å²) in [6.07, 6.45) is -4.81. The van der Waals surface area contributed by atoms with Crippen molar-refractivity contribution < 1.29 is 27.8 Å². The maximum absolute atomic E-state index is 12.6. The fraction of sp³-hybridized carbons (Fsp3) is 0.190. The van der Waals surface area contributed by atoms with Gasteiger partial charge in [0.15, 0.2) is 5.82 Å². The number of carbonyl (C=O) groups is 1. The Morgan fingerprint density at radius 2 is 1.72 bits per heavy atom. The highest BCUT2D eigenvalue weighted by atomic mass is 35.5. The van der Waals surface area contributed by atoms with Crippen LogP contribution < -0.4 is 10.1 Å². The number of aromatic nitrogens is 2. The molecule has 0 saturated heterocycles. The first-order valence-electron chi connectivity index (χ1n) is 9.18. The molecule has 0 fully saturated rings. The van der Waals surface area contributed by atoms with Crippen molar-refractivity contribution in [2.24, 2.45) is 0 Å². The van der Waals surface area contributed by atoms with Crippen LogP contribution in [0.2, 0.25) is 10.0 Å². The van der Waals surface area contributed by atoms with E-state index in [0.29, 0.717) is 16.1 Å². The number of hydrogen-bond donors (Lipinski definition) is 2. The van der Waals surface area contributed by atoms with Gasteiger partial charge in [-0.2, -0.15) is 0 Å². The van der Waals surface area contributed by atoms with Crippen LogP contribution in [-0.2, 0) is 0 Å². The molecule has 1 heterocycles. The van der Waals surface area contributed by atoms with Crippen molar-refractivity contribution in [1.82, 2.24) is 15.3 Å². The van der Waals surface area contributed by atoms with E-state index in [1.54, 1.807) is 19.1 Å². The van der Waals surface area contributed by atoms with Gasteiger partial charge in [-0.25, -0.2) is 9.97 Å². The molecule has 1 aromatic heterocycles. The van der Waals surface area contributed by atoms with E-state index in [-0.39, 0.29) is 28.8 Å². The Kier molecular flexibility index (Phi) is 7.22. The summed E-state index contributed by atoms with van der Waals surface area (Å²) in [5.74, 6) is -0.804. The standard InChI is InChI=1S/C21H16Cl2F3N3O3/c1-11(10-30)27-20(31)18-9-17(12-2-5-14(6-3-12)32-21(24,25)26)28-19(29-18)13-4-7-15(22)16(23)8-13/h2-9,11,30H,10H2,1H3,(H,27,31)/t11-/m0/s1. The number of rotatable bonds is 6. The lowest BCUT2D eigenvalue weighted by Gasteiger charge is -2.13. The number of alkyl halides is 3. The fourth-order valence-corrected chi connectivity index (χ4v) is 2.94. The number of benzene rings is 2. The van der Waals surface area contributed by atoms with Gasteiger partial charge in [0.1, 0.15) is 11.4 Å². The molecule has 0 aliphatic rings. The van der Waals surface area contributed by atoms with Crippen molar-refractivity contribution in [3.05, 3.63) is 64.3 Å². The van der Waals surface area contributed by atoms with Crippen molar-refractivity contribution in [3.8, 4) is 28.4 Å². The minimum Gasteiger partial charge on any atom is -0.406 e. The molecule has 0 aliphatic heterocycles. The molecule has 6 nitrogen and oxygen atoms in total. The van der Waals surface area contributed by atoms with Gasteiger partial charge in [-0.15, -0.1) is 13.2 Å². The summed E-state index contributed by atoms with van der Waals surface area (Å²) in [4.78, 5) is 21.3. The van der Waals surface area contributed by atoms with Gasteiger partial charge in [0.25, 0.3) is 5.91 Å². The van der Waals surface area contributed by atoms with E-state index < -0.39 is 24.1 Å². The van der Waals surface area contributed by atoms with E-state index in [9.17, 15) is 23.1 Å². The Morgan fingerprint density at radius 3 is 2.31 bits per heavy atom. The van der Waals surface area contributed by atoms with E-state index in [2.05, 4.69) is 20.0 Å². The summed E-state index contributed by atoms with van der Waals surface area (Å²) in [5.41, 5.74) is 1.17. The van der Waals surface area contributed by atoms with Crippen LogP contribution in [0.15, 0.2) is 48.5 Å². The number of carbonyl (C=O) groups excluding carboxylic acids is 1. The lowest BCUT2D eigenvalue weighted by molar-refractivity contribution is -0.274. The third kappa shape index (κ3) is 6.09. The average Bonchev–Trinajstić information content (AvgIpc) is 2.74. The number of nitrogens with zero attached hydrogens (tertiary/aromatic N) is 2. The van der Waals surface area contributed by atoms with Gasteiger partial charge in [0.2, 0.25) is 0 Å². The van der Waals surface area contributed by atoms with Crippen molar-refractivity contribution in [2.45, 2.75) is 19.3 Å². The molecule has 0 radical (unpaired) electrons. The van der Waals surface area contributed by atoms with Gasteiger partial charge in [0, 0.05) is 17.2 Å². The lowest BCUT2D eigenvalue weighted by atomic mass is 10.1.